The lowest BCUT2D eigenvalue weighted by atomic mass is 9.80. The van der Waals surface area contributed by atoms with Gasteiger partial charge >= 0.3 is 0 Å². The van der Waals surface area contributed by atoms with Crippen molar-refractivity contribution in [1.82, 2.24) is 10.2 Å². The molecule has 158 valence electrons. The Bertz CT molecular complexity index is 972. The number of aliphatic hydroxyl groups excluding tert-OH is 1. The first-order chi connectivity index (χ1) is 14.4. The zero-order chi connectivity index (χ0) is 21.5. The number of carbonyl (C=O) groups is 1. The van der Waals surface area contributed by atoms with Gasteiger partial charge in [0.1, 0.15) is 17.4 Å². The van der Waals surface area contributed by atoms with Crippen molar-refractivity contribution in [3.63, 3.8) is 0 Å². The van der Waals surface area contributed by atoms with Crippen molar-refractivity contribution in [2.45, 2.75) is 38.3 Å². The van der Waals surface area contributed by atoms with Crippen LogP contribution in [0.25, 0.3) is 11.1 Å². The van der Waals surface area contributed by atoms with E-state index in [0.717, 1.165) is 29.5 Å². The van der Waals surface area contributed by atoms with E-state index in [4.69, 9.17) is 17.0 Å². The predicted molar refractivity (Wildman–Crippen MR) is 120 cm³/mol. The molecule has 0 spiro atoms. The van der Waals surface area contributed by atoms with Crippen LogP contribution in [0.2, 0.25) is 5.02 Å². The molecule has 2 aromatic rings. The number of aliphatic hydroxyl groups is 1. The van der Waals surface area contributed by atoms with Gasteiger partial charge in [0, 0.05) is 11.6 Å². The van der Waals surface area contributed by atoms with E-state index in [1.165, 1.54) is 0 Å². The van der Waals surface area contributed by atoms with Gasteiger partial charge < -0.3 is 10.4 Å². The molecule has 2 atom stereocenters. The smallest absolute Gasteiger partial charge is 0.187 e. The Labute approximate surface area is 182 Å². The quantitative estimate of drug-likeness (QED) is 0.585. The summed E-state index contributed by atoms with van der Waals surface area (Å²) in [4.78, 5) is 15.5. The molecule has 5 nitrogen and oxygen atoms in total. The Hall–Kier alpha value is -2.21. The fraction of sp³-hybridized carbons (Fsp3) is 0.417. The average molecular weight is 426 g/mol. The van der Waals surface area contributed by atoms with Gasteiger partial charge in [0.15, 0.2) is 5.78 Å². The topological polar surface area (TPSA) is 76.4 Å². The average Bonchev–Trinajstić information content (AvgIpc) is 3.53. The molecule has 0 amide bonds. The number of halogens is 1. The SMILES string of the molecule is CC(C)CN(CO)C1C(=N)NC(c2cccc(-c3cccc(Cl)c3)c2)(C2CC2)C1=O. The van der Waals surface area contributed by atoms with Crippen LogP contribution in [0.1, 0.15) is 32.3 Å². The van der Waals surface area contributed by atoms with Crippen LogP contribution in [0, 0.1) is 17.2 Å². The lowest BCUT2D eigenvalue weighted by molar-refractivity contribution is -0.128. The molecule has 1 heterocycles. The van der Waals surface area contributed by atoms with Crippen LogP contribution in [0.15, 0.2) is 48.5 Å². The maximum atomic E-state index is 13.8. The molecule has 2 unspecified atom stereocenters. The molecule has 1 aliphatic carbocycles. The van der Waals surface area contributed by atoms with Crippen LogP contribution in [0.3, 0.4) is 0 Å². The minimum absolute atomic E-state index is 0.0343. The molecule has 3 N–H and O–H groups in total. The summed E-state index contributed by atoms with van der Waals surface area (Å²) in [5.74, 6) is 0.576. The van der Waals surface area contributed by atoms with Gasteiger partial charge in [-0.05, 0) is 59.6 Å². The first-order valence-electron chi connectivity index (χ1n) is 10.5. The maximum Gasteiger partial charge on any atom is 0.187 e. The van der Waals surface area contributed by atoms with Crippen molar-refractivity contribution in [2.75, 3.05) is 13.3 Å². The number of hydrogen-bond donors (Lipinski definition) is 3. The highest BCUT2D eigenvalue weighted by molar-refractivity contribution is 6.30. The summed E-state index contributed by atoms with van der Waals surface area (Å²) in [7, 11) is 0. The normalized spacial score (nSPS) is 24.0. The third-order valence-electron chi connectivity index (χ3n) is 6.05. The van der Waals surface area contributed by atoms with Crippen LogP contribution < -0.4 is 5.32 Å². The number of nitrogens with one attached hydrogen (secondary N) is 2. The van der Waals surface area contributed by atoms with Crippen LogP contribution in [0.5, 0.6) is 0 Å². The second-order valence-electron chi connectivity index (χ2n) is 8.79. The molecule has 1 saturated heterocycles. The van der Waals surface area contributed by atoms with Crippen LogP contribution in [-0.4, -0.2) is 40.9 Å². The van der Waals surface area contributed by atoms with E-state index < -0.39 is 11.6 Å². The van der Waals surface area contributed by atoms with Gasteiger partial charge in [-0.3, -0.25) is 15.1 Å². The highest BCUT2D eigenvalue weighted by atomic mass is 35.5. The van der Waals surface area contributed by atoms with E-state index in [-0.39, 0.29) is 30.2 Å². The molecule has 0 radical (unpaired) electrons. The molecule has 2 aliphatic rings. The minimum atomic E-state index is -0.916. The van der Waals surface area contributed by atoms with Gasteiger partial charge in [0.05, 0.1) is 6.73 Å². The highest BCUT2D eigenvalue weighted by Gasteiger charge is 2.60. The number of rotatable bonds is 7. The Morgan fingerprint density at radius 3 is 2.47 bits per heavy atom. The number of carbonyl (C=O) groups excluding carboxylic acids is 1. The van der Waals surface area contributed by atoms with Gasteiger partial charge in [-0.2, -0.15) is 0 Å². The third kappa shape index (κ3) is 3.66. The molecule has 0 bridgehead atoms. The molecule has 2 fully saturated rings. The Kier molecular flexibility index (Phi) is 5.71. The first-order valence-corrected chi connectivity index (χ1v) is 10.9. The minimum Gasteiger partial charge on any atom is -0.381 e. The van der Waals surface area contributed by atoms with Gasteiger partial charge in [0.25, 0.3) is 0 Å². The van der Waals surface area contributed by atoms with E-state index in [1.807, 2.05) is 62.4 Å². The van der Waals surface area contributed by atoms with Crippen molar-refractivity contribution in [2.24, 2.45) is 11.8 Å². The summed E-state index contributed by atoms with van der Waals surface area (Å²) in [6.07, 6.45) is 1.90. The van der Waals surface area contributed by atoms with Crippen molar-refractivity contribution < 1.29 is 9.90 Å². The van der Waals surface area contributed by atoms with Crippen molar-refractivity contribution in [3.8, 4) is 11.1 Å². The molecular weight excluding hydrogens is 398 g/mol. The van der Waals surface area contributed by atoms with Crippen molar-refractivity contribution >= 4 is 23.2 Å². The van der Waals surface area contributed by atoms with E-state index in [1.54, 1.807) is 4.90 Å². The Morgan fingerprint density at radius 2 is 1.87 bits per heavy atom. The number of benzene rings is 2. The standard InChI is InChI=1S/C24H28ClN3O2/c1-15(2)13-28(14-29)21-22(30)24(18-9-10-18,27-23(21)26)19-7-3-5-16(11-19)17-6-4-8-20(25)12-17/h3-8,11-12,15,18,21,29H,9-10,13-14H2,1-2H3,(H2,26,27). The molecule has 30 heavy (non-hydrogen) atoms. The second-order valence-corrected chi connectivity index (χ2v) is 9.22. The molecule has 1 saturated carbocycles. The lowest BCUT2D eigenvalue weighted by Crippen LogP contribution is -2.49. The zero-order valence-electron chi connectivity index (χ0n) is 17.4. The Morgan fingerprint density at radius 1 is 1.20 bits per heavy atom. The molecule has 2 aromatic carbocycles. The van der Waals surface area contributed by atoms with E-state index in [2.05, 4.69) is 5.32 Å². The number of ketones is 1. The lowest BCUT2D eigenvalue weighted by Gasteiger charge is -2.31. The summed E-state index contributed by atoms with van der Waals surface area (Å²) in [5.41, 5.74) is 1.94. The fourth-order valence-electron chi connectivity index (χ4n) is 4.63. The zero-order valence-corrected chi connectivity index (χ0v) is 18.1. The van der Waals surface area contributed by atoms with E-state index in [9.17, 15) is 9.90 Å². The van der Waals surface area contributed by atoms with E-state index >= 15 is 0 Å². The van der Waals surface area contributed by atoms with Gasteiger partial charge in [0.2, 0.25) is 0 Å². The number of amidine groups is 1. The highest BCUT2D eigenvalue weighted by Crippen LogP contribution is 2.50. The number of Topliss-reactive ketones (excluding diaryl/α,β-unsaturated/α-hetero) is 1. The predicted octanol–water partition coefficient (Wildman–Crippen LogP) is 4.04. The molecule has 1 aliphatic heterocycles. The van der Waals surface area contributed by atoms with Gasteiger partial charge in [-0.1, -0.05) is 55.8 Å². The summed E-state index contributed by atoms with van der Waals surface area (Å²) in [5, 5.41) is 22.4. The summed E-state index contributed by atoms with van der Waals surface area (Å²) in [6.45, 7) is 4.39. The number of nitrogens with zero attached hydrogens (tertiary/aromatic N) is 1. The molecule has 6 heteroatoms. The summed E-state index contributed by atoms with van der Waals surface area (Å²) in [6, 6.07) is 14.9. The summed E-state index contributed by atoms with van der Waals surface area (Å²) >= 11 is 6.18. The molecule has 0 aromatic heterocycles. The van der Waals surface area contributed by atoms with Gasteiger partial charge in [-0.25, -0.2) is 0 Å². The fourth-order valence-corrected chi connectivity index (χ4v) is 4.82. The van der Waals surface area contributed by atoms with Crippen LogP contribution in [-0.2, 0) is 10.3 Å². The molecular formula is C24H28ClN3O2. The first kappa shape index (κ1) is 21.0. The van der Waals surface area contributed by atoms with E-state index in [0.29, 0.717) is 11.6 Å². The van der Waals surface area contributed by atoms with Crippen LogP contribution in [0.4, 0.5) is 0 Å². The van der Waals surface area contributed by atoms with Gasteiger partial charge in [-0.15, -0.1) is 0 Å². The second kappa shape index (κ2) is 8.14. The maximum absolute atomic E-state index is 13.8. The van der Waals surface area contributed by atoms with Crippen molar-refractivity contribution in [3.05, 3.63) is 59.1 Å². The van der Waals surface area contributed by atoms with Crippen LogP contribution >= 0.6 is 11.6 Å². The Balaban J connectivity index is 1.75. The number of hydrogen-bond acceptors (Lipinski definition) is 4. The molecule has 4 rings (SSSR count). The monoisotopic (exact) mass is 425 g/mol. The summed E-state index contributed by atoms with van der Waals surface area (Å²) < 4.78 is 0. The largest absolute Gasteiger partial charge is 0.381 e. The third-order valence-corrected chi connectivity index (χ3v) is 6.29. The van der Waals surface area contributed by atoms with Crippen molar-refractivity contribution in [1.29, 1.82) is 5.41 Å².